The van der Waals surface area contributed by atoms with E-state index in [-0.39, 0.29) is 5.82 Å². The zero-order chi connectivity index (χ0) is 10.8. The largest absolute Gasteiger partial charge is 0.331 e. The minimum Gasteiger partial charge on any atom is -0.331 e. The van der Waals surface area contributed by atoms with Crippen LogP contribution in [0.25, 0.3) is 0 Å². The first-order valence-electron chi connectivity index (χ1n) is 4.89. The second kappa shape index (κ2) is 3.85. The normalized spacial score (nSPS) is 10.6. The highest BCUT2D eigenvalue weighted by molar-refractivity contribution is 5.27. The molecule has 0 spiro atoms. The summed E-state index contributed by atoms with van der Waals surface area (Å²) in [5.74, 6) is 0.789. The summed E-state index contributed by atoms with van der Waals surface area (Å²) in [6.07, 6.45) is 3.70. The smallest absolute Gasteiger partial charge is 0.123 e. The SMILES string of the molecule is Cc1cc(F)ccc1Cn1ccnc1C. The predicted molar refractivity (Wildman–Crippen MR) is 57.2 cm³/mol. The van der Waals surface area contributed by atoms with Crippen molar-refractivity contribution in [3.05, 3.63) is 53.4 Å². The first-order chi connectivity index (χ1) is 7.16. The molecule has 78 valence electrons. The van der Waals surface area contributed by atoms with Crippen molar-refractivity contribution in [2.24, 2.45) is 0 Å². The molecule has 0 saturated carbocycles. The van der Waals surface area contributed by atoms with Gasteiger partial charge in [0, 0.05) is 18.9 Å². The summed E-state index contributed by atoms with van der Waals surface area (Å²) < 4.78 is 14.9. The molecule has 0 bridgehead atoms. The van der Waals surface area contributed by atoms with Crippen molar-refractivity contribution in [1.29, 1.82) is 0 Å². The van der Waals surface area contributed by atoms with Gasteiger partial charge in [-0.15, -0.1) is 0 Å². The second-order valence-corrected chi connectivity index (χ2v) is 3.67. The van der Waals surface area contributed by atoms with Gasteiger partial charge in [0.1, 0.15) is 11.6 Å². The van der Waals surface area contributed by atoms with Crippen molar-refractivity contribution < 1.29 is 4.39 Å². The minimum atomic E-state index is -0.182. The fraction of sp³-hybridized carbons (Fsp3) is 0.250. The van der Waals surface area contributed by atoms with Gasteiger partial charge < -0.3 is 4.57 Å². The molecule has 0 saturated heterocycles. The number of rotatable bonds is 2. The Balaban J connectivity index is 2.29. The van der Waals surface area contributed by atoms with Crippen LogP contribution >= 0.6 is 0 Å². The lowest BCUT2D eigenvalue weighted by Crippen LogP contribution is -2.02. The molecule has 0 radical (unpaired) electrons. The van der Waals surface area contributed by atoms with Gasteiger partial charge in [0.25, 0.3) is 0 Å². The molecule has 2 aromatic rings. The number of aromatic nitrogens is 2. The summed E-state index contributed by atoms with van der Waals surface area (Å²) >= 11 is 0. The Kier molecular flexibility index (Phi) is 2.54. The first kappa shape index (κ1) is 9.90. The third-order valence-corrected chi connectivity index (χ3v) is 2.57. The molecule has 0 atom stereocenters. The van der Waals surface area contributed by atoms with Gasteiger partial charge in [0.2, 0.25) is 0 Å². The fourth-order valence-electron chi connectivity index (χ4n) is 1.59. The molecular formula is C12H13FN2. The van der Waals surface area contributed by atoms with Gasteiger partial charge in [0.15, 0.2) is 0 Å². The standard InChI is InChI=1S/C12H13FN2/c1-9-7-12(13)4-3-11(9)8-15-6-5-14-10(15)2/h3-7H,8H2,1-2H3. The number of nitrogens with zero attached hydrogens (tertiary/aromatic N) is 2. The molecule has 0 aliphatic heterocycles. The van der Waals surface area contributed by atoms with Crippen LogP contribution in [0.15, 0.2) is 30.6 Å². The number of aryl methyl sites for hydroxylation is 2. The maximum Gasteiger partial charge on any atom is 0.123 e. The van der Waals surface area contributed by atoms with Gasteiger partial charge in [-0.1, -0.05) is 6.07 Å². The Morgan fingerprint density at radius 3 is 2.73 bits per heavy atom. The van der Waals surface area contributed by atoms with Crippen LogP contribution in [0.3, 0.4) is 0 Å². The van der Waals surface area contributed by atoms with Gasteiger partial charge in [-0.05, 0) is 37.1 Å². The zero-order valence-electron chi connectivity index (χ0n) is 8.87. The van der Waals surface area contributed by atoms with E-state index in [0.717, 1.165) is 23.5 Å². The summed E-state index contributed by atoms with van der Waals surface area (Å²) in [5.41, 5.74) is 2.10. The van der Waals surface area contributed by atoms with Crippen LogP contribution in [0.2, 0.25) is 0 Å². The second-order valence-electron chi connectivity index (χ2n) is 3.67. The number of benzene rings is 1. The topological polar surface area (TPSA) is 17.8 Å². The third-order valence-electron chi connectivity index (χ3n) is 2.57. The average Bonchev–Trinajstić information content (AvgIpc) is 2.57. The summed E-state index contributed by atoms with van der Waals surface area (Å²) in [5, 5.41) is 0. The van der Waals surface area contributed by atoms with E-state index in [2.05, 4.69) is 4.98 Å². The molecule has 0 aliphatic rings. The molecule has 2 rings (SSSR count). The monoisotopic (exact) mass is 204 g/mol. The van der Waals surface area contributed by atoms with Gasteiger partial charge in [-0.25, -0.2) is 9.37 Å². The maximum atomic E-state index is 12.9. The number of hydrogen-bond donors (Lipinski definition) is 0. The van der Waals surface area contributed by atoms with Gasteiger partial charge in [-0.3, -0.25) is 0 Å². The maximum absolute atomic E-state index is 12.9. The first-order valence-corrected chi connectivity index (χ1v) is 4.89. The molecule has 2 nitrogen and oxygen atoms in total. The molecular weight excluding hydrogens is 191 g/mol. The summed E-state index contributed by atoms with van der Waals surface area (Å²) in [6.45, 7) is 4.63. The molecule has 3 heteroatoms. The molecule has 0 fully saturated rings. The summed E-state index contributed by atoms with van der Waals surface area (Å²) in [7, 11) is 0. The lowest BCUT2D eigenvalue weighted by molar-refractivity contribution is 0.624. The van der Waals surface area contributed by atoms with E-state index in [1.54, 1.807) is 12.3 Å². The van der Waals surface area contributed by atoms with Gasteiger partial charge in [0.05, 0.1) is 0 Å². The van der Waals surface area contributed by atoms with E-state index in [1.807, 2.05) is 30.7 Å². The molecule has 15 heavy (non-hydrogen) atoms. The van der Waals surface area contributed by atoms with Crippen molar-refractivity contribution in [3.8, 4) is 0 Å². The highest BCUT2D eigenvalue weighted by Gasteiger charge is 2.02. The lowest BCUT2D eigenvalue weighted by Gasteiger charge is -2.08. The van der Waals surface area contributed by atoms with E-state index >= 15 is 0 Å². The third kappa shape index (κ3) is 2.06. The van der Waals surface area contributed by atoms with E-state index in [4.69, 9.17) is 0 Å². The summed E-state index contributed by atoms with van der Waals surface area (Å²) in [4.78, 5) is 4.15. The van der Waals surface area contributed by atoms with E-state index < -0.39 is 0 Å². The molecule has 0 unspecified atom stereocenters. The molecule has 0 aliphatic carbocycles. The minimum absolute atomic E-state index is 0.182. The molecule has 0 amide bonds. The molecule has 1 heterocycles. The fourth-order valence-corrected chi connectivity index (χ4v) is 1.59. The number of halogens is 1. The highest BCUT2D eigenvalue weighted by Crippen LogP contribution is 2.12. The van der Waals surface area contributed by atoms with Crippen molar-refractivity contribution >= 4 is 0 Å². The predicted octanol–water partition coefficient (Wildman–Crippen LogP) is 2.69. The Hall–Kier alpha value is -1.64. The zero-order valence-corrected chi connectivity index (χ0v) is 8.87. The van der Waals surface area contributed by atoms with Crippen molar-refractivity contribution in [1.82, 2.24) is 9.55 Å². The van der Waals surface area contributed by atoms with Crippen molar-refractivity contribution in [3.63, 3.8) is 0 Å². The molecule has 0 N–H and O–H groups in total. The Morgan fingerprint density at radius 2 is 2.13 bits per heavy atom. The Morgan fingerprint density at radius 1 is 1.33 bits per heavy atom. The van der Waals surface area contributed by atoms with Crippen molar-refractivity contribution in [2.45, 2.75) is 20.4 Å². The van der Waals surface area contributed by atoms with Gasteiger partial charge in [-0.2, -0.15) is 0 Å². The Labute approximate surface area is 88.4 Å². The Bertz CT molecular complexity index is 474. The van der Waals surface area contributed by atoms with Crippen LogP contribution in [0.4, 0.5) is 4.39 Å². The quantitative estimate of drug-likeness (QED) is 0.735. The molecule has 1 aromatic heterocycles. The van der Waals surface area contributed by atoms with Crippen LogP contribution < -0.4 is 0 Å². The van der Waals surface area contributed by atoms with Crippen LogP contribution in [-0.2, 0) is 6.54 Å². The van der Waals surface area contributed by atoms with Crippen LogP contribution in [0.1, 0.15) is 17.0 Å². The number of imidazole rings is 1. The molecule has 1 aromatic carbocycles. The van der Waals surface area contributed by atoms with Crippen LogP contribution in [0, 0.1) is 19.7 Å². The number of hydrogen-bond acceptors (Lipinski definition) is 1. The van der Waals surface area contributed by atoms with E-state index in [9.17, 15) is 4.39 Å². The van der Waals surface area contributed by atoms with Crippen molar-refractivity contribution in [2.75, 3.05) is 0 Å². The lowest BCUT2D eigenvalue weighted by atomic mass is 10.1. The van der Waals surface area contributed by atoms with E-state index in [0.29, 0.717) is 0 Å². The average molecular weight is 204 g/mol. The van der Waals surface area contributed by atoms with Crippen LogP contribution in [-0.4, -0.2) is 9.55 Å². The highest BCUT2D eigenvalue weighted by atomic mass is 19.1. The summed E-state index contributed by atoms with van der Waals surface area (Å²) in [6, 6.07) is 4.88. The van der Waals surface area contributed by atoms with Gasteiger partial charge >= 0.3 is 0 Å². The van der Waals surface area contributed by atoms with Crippen LogP contribution in [0.5, 0.6) is 0 Å². The van der Waals surface area contributed by atoms with E-state index in [1.165, 1.54) is 6.07 Å².